The van der Waals surface area contributed by atoms with E-state index in [4.69, 9.17) is 0 Å². The minimum atomic E-state index is -0.792. The Morgan fingerprint density at radius 1 is 1.23 bits per heavy atom. The molecule has 1 unspecified atom stereocenters. The summed E-state index contributed by atoms with van der Waals surface area (Å²) >= 11 is 0. The molecule has 26 heavy (non-hydrogen) atoms. The third kappa shape index (κ3) is 3.64. The molecule has 2 amide bonds. The zero-order chi connectivity index (χ0) is 18.7. The van der Waals surface area contributed by atoms with E-state index < -0.39 is 17.2 Å². The molecule has 140 valence electrons. The summed E-state index contributed by atoms with van der Waals surface area (Å²) in [6.45, 7) is 4.46. The first-order valence-electron chi connectivity index (χ1n) is 9.14. The number of piperidine rings is 1. The van der Waals surface area contributed by atoms with Crippen LogP contribution in [0.3, 0.4) is 0 Å². The first-order valence-corrected chi connectivity index (χ1v) is 9.14. The van der Waals surface area contributed by atoms with Crippen molar-refractivity contribution in [3.63, 3.8) is 0 Å². The Bertz CT molecular complexity index is 714. The monoisotopic (exact) mass is 362 g/mol. The molecule has 1 atom stereocenters. The van der Waals surface area contributed by atoms with E-state index in [-0.39, 0.29) is 17.7 Å². The van der Waals surface area contributed by atoms with Gasteiger partial charge in [-0.1, -0.05) is 25.5 Å². The maximum Gasteiger partial charge on any atom is 0.245 e. The third-order valence-corrected chi connectivity index (χ3v) is 5.54. The summed E-state index contributed by atoms with van der Waals surface area (Å²) in [7, 11) is 0. The molecule has 1 aromatic rings. The fourth-order valence-electron chi connectivity index (χ4n) is 4.18. The molecule has 4 nitrogen and oxygen atoms in total. The number of hydrogen-bond acceptors (Lipinski definition) is 2. The van der Waals surface area contributed by atoms with Crippen molar-refractivity contribution in [1.29, 1.82) is 0 Å². The van der Waals surface area contributed by atoms with Gasteiger partial charge in [-0.2, -0.15) is 0 Å². The molecular weight excluding hydrogens is 338 g/mol. The highest BCUT2D eigenvalue weighted by molar-refractivity contribution is 5.88. The second kappa shape index (κ2) is 7.56. The van der Waals surface area contributed by atoms with Gasteiger partial charge >= 0.3 is 0 Å². The maximum absolute atomic E-state index is 14.4. The number of carbonyl (C=O) groups is 2. The van der Waals surface area contributed by atoms with Crippen molar-refractivity contribution < 1.29 is 18.4 Å². The van der Waals surface area contributed by atoms with Gasteiger partial charge in [0.2, 0.25) is 11.8 Å². The number of carbonyl (C=O) groups excluding carboxylic acids is 2. The molecule has 1 N–H and O–H groups in total. The van der Waals surface area contributed by atoms with Gasteiger partial charge in [-0.15, -0.1) is 0 Å². The average molecular weight is 362 g/mol. The van der Waals surface area contributed by atoms with E-state index in [1.807, 2.05) is 0 Å². The summed E-state index contributed by atoms with van der Waals surface area (Å²) < 4.78 is 27.7. The predicted octanol–water partition coefficient (Wildman–Crippen LogP) is 3.27. The Kier molecular flexibility index (Phi) is 5.39. The van der Waals surface area contributed by atoms with E-state index in [9.17, 15) is 18.4 Å². The van der Waals surface area contributed by atoms with Gasteiger partial charge in [0.15, 0.2) is 0 Å². The highest BCUT2D eigenvalue weighted by atomic mass is 19.1. The molecule has 1 saturated heterocycles. The average Bonchev–Trinajstić information content (AvgIpc) is 3.10. The Balaban J connectivity index is 1.78. The van der Waals surface area contributed by atoms with Gasteiger partial charge in [0.25, 0.3) is 0 Å². The van der Waals surface area contributed by atoms with Crippen molar-refractivity contribution in [3.8, 4) is 0 Å². The van der Waals surface area contributed by atoms with Crippen LogP contribution in [0.5, 0.6) is 0 Å². The van der Waals surface area contributed by atoms with Crippen molar-refractivity contribution >= 4 is 11.8 Å². The van der Waals surface area contributed by atoms with Crippen LogP contribution in [-0.4, -0.2) is 29.8 Å². The maximum atomic E-state index is 14.4. The van der Waals surface area contributed by atoms with Crippen LogP contribution in [0.4, 0.5) is 8.78 Å². The van der Waals surface area contributed by atoms with Crippen molar-refractivity contribution in [2.45, 2.75) is 44.1 Å². The normalized spacial score (nSPS) is 22.1. The lowest BCUT2D eigenvalue weighted by Gasteiger charge is -2.36. The molecule has 1 saturated carbocycles. The van der Waals surface area contributed by atoms with Gasteiger partial charge in [0.05, 0.1) is 11.5 Å². The summed E-state index contributed by atoms with van der Waals surface area (Å²) in [4.78, 5) is 26.4. The molecule has 3 rings (SSSR count). The lowest BCUT2D eigenvalue weighted by molar-refractivity contribution is -0.133. The second-order valence-corrected chi connectivity index (χ2v) is 7.23. The standard InChI is InChI=1S/C20H24F2N2O2/c1-2-18(25)24-11-5-6-14(13-24)19(26)23-20(9-3-4-10-20)16-8-7-15(21)12-17(16)22/h2,7-8,12,14H,1,3-6,9-11,13H2,(H,23,26). The summed E-state index contributed by atoms with van der Waals surface area (Å²) in [5, 5.41) is 3.05. The topological polar surface area (TPSA) is 49.4 Å². The van der Waals surface area contributed by atoms with E-state index in [1.54, 1.807) is 4.90 Å². The van der Waals surface area contributed by atoms with Gasteiger partial charge in [-0.05, 0) is 37.8 Å². The van der Waals surface area contributed by atoms with Crippen LogP contribution in [0.1, 0.15) is 44.1 Å². The molecule has 0 aromatic heterocycles. The lowest BCUT2D eigenvalue weighted by atomic mass is 9.86. The number of rotatable bonds is 4. The number of nitrogens with one attached hydrogen (secondary N) is 1. The Labute approximate surface area is 152 Å². The number of halogens is 2. The van der Waals surface area contributed by atoms with Gasteiger partial charge in [0, 0.05) is 24.7 Å². The zero-order valence-electron chi connectivity index (χ0n) is 14.8. The van der Waals surface area contributed by atoms with Crippen LogP contribution in [0.15, 0.2) is 30.9 Å². The fourth-order valence-corrected chi connectivity index (χ4v) is 4.18. The van der Waals surface area contributed by atoms with Crippen LogP contribution >= 0.6 is 0 Å². The molecule has 1 aliphatic carbocycles. The Hall–Kier alpha value is -2.24. The summed E-state index contributed by atoms with van der Waals surface area (Å²) in [5.41, 5.74) is -0.445. The Morgan fingerprint density at radius 3 is 2.62 bits per heavy atom. The van der Waals surface area contributed by atoms with Gasteiger partial charge < -0.3 is 10.2 Å². The molecule has 2 fully saturated rings. The molecular formula is C20H24F2N2O2. The highest BCUT2D eigenvalue weighted by Gasteiger charge is 2.41. The minimum absolute atomic E-state index is 0.169. The van der Waals surface area contributed by atoms with Crippen molar-refractivity contribution in [1.82, 2.24) is 10.2 Å². The highest BCUT2D eigenvalue weighted by Crippen LogP contribution is 2.40. The van der Waals surface area contributed by atoms with Gasteiger partial charge in [0.1, 0.15) is 11.6 Å². The molecule has 6 heteroatoms. The largest absolute Gasteiger partial charge is 0.346 e. The molecule has 1 aliphatic heterocycles. The Morgan fingerprint density at radius 2 is 1.96 bits per heavy atom. The quantitative estimate of drug-likeness (QED) is 0.836. The van der Waals surface area contributed by atoms with Crippen molar-refractivity contribution in [2.75, 3.05) is 13.1 Å². The summed E-state index contributed by atoms with van der Waals surface area (Å²) in [6.07, 6.45) is 5.70. The van der Waals surface area contributed by atoms with Crippen LogP contribution in [-0.2, 0) is 15.1 Å². The van der Waals surface area contributed by atoms with Crippen LogP contribution < -0.4 is 5.32 Å². The summed E-state index contributed by atoms with van der Waals surface area (Å²) in [5.74, 6) is -1.93. The number of nitrogens with zero attached hydrogens (tertiary/aromatic N) is 1. The number of hydrogen-bond donors (Lipinski definition) is 1. The van der Waals surface area contributed by atoms with Crippen molar-refractivity contribution in [3.05, 3.63) is 48.1 Å². The smallest absolute Gasteiger partial charge is 0.245 e. The lowest BCUT2D eigenvalue weighted by Crippen LogP contribution is -2.51. The first-order chi connectivity index (χ1) is 12.4. The number of benzene rings is 1. The molecule has 1 heterocycles. The molecule has 0 bridgehead atoms. The number of likely N-dealkylation sites (tertiary alicyclic amines) is 1. The van der Waals surface area contributed by atoms with Crippen molar-refractivity contribution in [2.24, 2.45) is 5.92 Å². The predicted molar refractivity (Wildman–Crippen MR) is 94.1 cm³/mol. The second-order valence-electron chi connectivity index (χ2n) is 7.23. The molecule has 1 aromatic carbocycles. The van der Waals surface area contributed by atoms with Gasteiger partial charge in [-0.25, -0.2) is 8.78 Å². The third-order valence-electron chi connectivity index (χ3n) is 5.54. The first kappa shape index (κ1) is 18.5. The molecule has 0 radical (unpaired) electrons. The van der Waals surface area contributed by atoms with E-state index >= 15 is 0 Å². The summed E-state index contributed by atoms with van der Waals surface area (Å²) in [6, 6.07) is 3.53. The SMILES string of the molecule is C=CC(=O)N1CCCC(C(=O)NC2(c3ccc(F)cc3F)CCCC2)C1. The molecule has 0 spiro atoms. The minimum Gasteiger partial charge on any atom is -0.346 e. The van der Waals surface area contributed by atoms with Crippen LogP contribution in [0, 0.1) is 17.6 Å². The number of amides is 2. The van der Waals surface area contributed by atoms with E-state index in [0.717, 1.165) is 25.3 Å². The van der Waals surface area contributed by atoms with E-state index in [0.29, 0.717) is 37.9 Å². The van der Waals surface area contributed by atoms with Crippen LogP contribution in [0.2, 0.25) is 0 Å². The van der Waals surface area contributed by atoms with Crippen LogP contribution in [0.25, 0.3) is 0 Å². The zero-order valence-corrected chi connectivity index (χ0v) is 14.8. The van der Waals surface area contributed by atoms with E-state index in [1.165, 1.54) is 18.2 Å². The van der Waals surface area contributed by atoms with E-state index in [2.05, 4.69) is 11.9 Å². The molecule has 2 aliphatic rings. The van der Waals surface area contributed by atoms with Gasteiger partial charge in [-0.3, -0.25) is 9.59 Å². The fraction of sp³-hybridized carbons (Fsp3) is 0.500.